The molecule has 4 rings (SSSR count). The number of likely N-dealkylation sites (N-methyl/N-ethyl adjacent to an activating group) is 1. The molecular weight excluding hydrogens is 322 g/mol. The topological polar surface area (TPSA) is 61.4 Å². The van der Waals surface area contributed by atoms with E-state index in [2.05, 4.69) is 20.1 Å². The van der Waals surface area contributed by atoms with Crippen molar-refractivity contribution in [2.75, 3.05) is 44.7 Å². The summed E-state index contributed by atoms with van der Waals surface area (Å²) in [7, 11) is 1.69. The maximum absolute atomic E-state index is 11.6. The maximum Gasteiger partial charge on any atom is 0.233 e. The van der Waals surface area contributed by atoms with Gasteiger partial charge in [-0.2, -0.15) is 0 Å². The van der Waals surface area contributed by atoms with Crippen molar-refractivity contribution >= 4 is 33.3 Å². The first kappa shape index (κ1) is 15.8. The Balaban J connectivity index is 1.60. The van der Waals surface area contributed by atoms with Crippen LogP contribution in [0.3, 0.4) is 0 Å². The van der Waals surface area contributed by atoms with Crippen LogP contribution in [0.15, 0.2) is 0 Å². The van der Waals surface area contributed by atoms with Gasteiger partial charge in [-0.15, -0.1) is 11.3 Å². The molecule has 1 aliphatic carbocycles. The lowest BCUT2D eigenvalue weighted by atomic mass is 10.1. The van der Waals surface area contributed by atoms with E-state index in [4.69, 9.17) is 4.98 Å². The van der Waals surface area contributed by atoms with E-state index in [0.29, 0.717) is 6.54 Å². The van der Waals surface area contributed by atoms with Gasteiger partial charge in [-0.1, -0.05) is 0 Å². The van der Waals surface area contributed by atoms with E-state index in [-0.39, 0.29) is 5.91 Å². The van der Waals surface area contributed by atoms with Crippen molar-refractivity contribution in [2.45, 2.75) is 26.2 Å². The molecule has 128 valence electrons. The third kappa shape index (κ3) is 2.75. The predicted molar refractivity (Wildman–Crippen MR) is 96.9 cm³/mol. The number of nitrogens with zero attached hydrogens (tertiary/aromatic N) is 4. The standard InChI is InChI=1S/C17H23N5OS/c1-11-19-16(15-12-4-3-5-13(12)24-17(15)20-11)22-8-6-21(7-9-22)10-14(23)18-2/h3-10H2,1-2H3,(H,18,23). The van der Waals surface area contributed by atoms with Crippen LogP contribution < -0.4 is 10.2 Å². The second kappa shape index (κ2) is 6.29. The molecule has 24 heavy (non-hydrogen) atoms. The largest absolute Gasteiger partial charge is 0.358 e. The van der Waals surface area contributed by atoms with Crippen LogP contribution in [-0.4, -0.2) is 60.5 Å². The zero-order valence-electron chi connectivity index (χ0n) is 14.3. The third-order valence-electron chi connectivity index (χ3n) is 4.98. The Kier molecular flexibility index (Phi) is 4.14. The van der Waals surface area contributed by atoms with Crippen molar-refractivity contribution in [1.82, 2.24) is 20.2 Å². The Morgan fingerprint density at radius 2 is 2.00 bits per heavy atom. The lowest BCUT2D eigenvalue weighted by Gasteiger charge is -2.35. The number of carbonyl (C=O) groups is 1. The van der Waals surface area contributed by atoms with E-state index in [1.165, 1.54) is 28.7 Å². The number of anilines is 1. The van der Waals surface area contributed by atoms with Crippen LogP contribution in [0.5, 0.6) is 0 Å². The normalized spacial score (nSPS) is 18.2. The molecule has 0 saturated carbocycles. The first-order valence-electron chi connectivity index (χ1n) is 8.62. The second-order valence-corrected chi connectivity index (χ2v) is 7.65. The maximum atomic E-state index is 11.6. The summed E-state index contributed by atoms with van der Waals surface area (Å²) in [4.78, 5) is 28.3. The monoisotopic (exact) mass is 345 g/mol. The molecule has 0 unspecified atom stereocenters. The van der Waals surface area contributed by atoms with Gasteiger partial charge in [0.2, 0.25) is 5.91 Å². The van der Waals surface area contributed by atoms with E-state index in [0.717, 1.165) is 49.1 Å². The molecule has 0 bridgehead atoms. The average molecular weight is 345 g/mol. The summed E-state index contributed by atoms with van der Waals surface area (Å²) in [6, 6.07) is 0. The first-order chi connectivity index (χ1) is 11.7. The molecule has 2 aromatic heterocycles. The molecule has 1 saturated heterocycles. The number of hydrogen-bond donors (Lipinski definition) is 1. The van der Waals surface area contributed by atoms with Crippen molar-refractivity contribution in [2.24, 2.45) is 0 Å². The van der Waals surface area contributed by atoms with E-state index in [9.17, 15) is 4.79 Å². The fourth-order valence-corrected chi connectivity index (χ4v) is 5.01. The molecule has 7 heteroatoms. The third-order valence-corrected chi connectivity index (χ3v) is 6.16. The lowest BCUT2D eigenvalue weighted by Crippen LogP contribution is -2.49. The number of rotatable bonds is 3. The molecule has 0 aromatic carbocycles. The fourth-order valence-electron chi connectivity index (χ4n) is 3.71. The fraction of sp³-hybridized carbons (Fsp3) is 0.588. The number of nitrogens with one attached hydrogen (secondary N) is 1. The van der Waals surface area contributed by atoms with Crippen molar-refractivity contribution in [3.63, 3.8) is 0 Å². The van der Waals surface area contributed by atoms with E-state index < -0.39 is 0 Å². The van der Waals surface area contributed by atoms with Gasteiger partial charge in [0.05, 0.1) is 11.9 Å². The Hall–Kier alpha value is -1.73. The molecule has 0 atom stereocenters. The number of thiophene rings is 1. The number of fused-ring (bicyclic) bond motifs is 3. The van der Waals surface area contributed by atoms with E-state index >= 15 is 0 Å². The van der Waals surface area contributed by atoms with Crippen molar-refractivity contribution < 1.29 is 4.79 Å². The molecule has 1 fully saturated rings. The second-order valence-electron chi connectivity index (χ2n) is 6.57. The highest BCUT2D eigenvalue weighted by Crippen LogP contribution is 2.40. The molecule has 1 N–H and O–H groups in total. The van der Waals surface area contributed by atoms with Crippen LogP contribution in [0, 0.1) is 6.92 Å². The van der Waals surface area contributed by atoms with Crippen molar-refractivity contribution in [3.05, 3.63) is 16.3 Å². The molecule has 0 radical (unpaired) electrons. The van der Waals surface area contributed by atoms with Crippen molar-refractivity contribution in [1.29, 1.82) is 0 Å². The molecule has 0 spiro atoms. The number of piperazine rings is 1. The molecule has 6 nitrogen and oxygen atoms in total. The summed E-state index contributed by atoms with van der Waals surface area (Å²) < 4.78 is 0. The summed E-state index contributed by atoms with van der Waals surface area (Å²) >= 11 is 1.85. The van der Waals surface area contributed by atoms with Gasteiger partial charge in [0, 0.05) is 38.1 Å². The van der Waals surface area contributed by atoms with Gasteiger partial charge in [-0.05, 0) is 31.7 Å². The van der Waals surface area contributed by atoms with Gasteiger partial charge in [0.1, 0.15) is 16.5 Å². The highest BCUT2D eigenvalue weighted by atomic mass is 32.1. The SMILES string of the molecule is CNC(=O)CN1CCN(c2nc(C)nc3sc4c(c23)CCC4)CC1. The van der Waals surface area contributed by atoms with Gasteiger partial charge in [-0.25, -0.2) is 9.97 Å². The molecule has 1 aliphatic heterocycles. The van der Waals surface area contributed by atoms with Crippen LogP contribution in [0.1, 0.15) is 22.7 Å². The molecule has 2 aliphatic rings. The molecule has 3 heterocycles. The van der Waals surface area contributed by atoms with Crippen LogP contribution >= 0.6 is 11.3 Å². The van der Waals surface area contributed by atoms with Crippen LogP contribution in [-0.2, 0) is 17.6 Å². The average Bonchev–Trinajstić information content (AvgIpc) is 3.15. The zero-order valence-corrected chi connectivity index (χ0v) is 15.1. The predicted octanol–water partition coefficient (Wildman–Crippen LogP) is 1.36. The molecule has 1 amide bonds. The highest BCUT2D eigenvalue weighted by molar-refractivity contribution is 7.19. The van der Waals surface area contributed by atoms with E-state index in [1.807, 2.05) is 18.3 Å². The van der Waals surface area contributed by atoms with Crippen LogP contribution in [0.2, 0.25) is 0 Å². The summed E-state index contributed by atoms with van der Waals surface area (Å²) in [5, 5.41) is 3.99. The summed E-state index contributed by atoms with van der Waals surface area (Å²) in [6.45, 7) is 6.07. The number of aromatic nitrogens is 2. The van der Waals surface area contributed by atoms with Gasteiger partial charge in [-0.3, -0.25) is 9.69 Å². The molecular formula is C17H23N5OS. The highest BCUT2D eigenvalue weighted by Gasteiger charge is 2.26. The van der Waals surface area contributed by atoms with Crippen LogP contribution in [0.4, 0.5) is 5.82 Å². The quantitative estimate of drug-likeness (QED) is 0.910. The van der Waals surface area contributed by atoms with Gasteiger partial charge >= 0.3 is 0 Å². The minimum absolute atomic E-state index is 0.0828. The lowest BCUT2D eigenvalue weighted by molar-refractivity contribution is -0.121. The number of aryl methyl sites for hydroxylation is 3. The van der Waals surface area contributed by atoms with E-state index in [1.54, 1.807) is 7.05 Å². The summed E-state index contributed by atoms with van der Waals surface area (Å²) in [5.41, 5.74) is 1.48. The Morgan fingerprint density at radius 3 is 2.75 bits per heavy atom. The van der Waals surface area contributed by atoms with Crippen molar-refractivity contribution in [3.8, 4) is 0 Å². The van der Waals surface area contributed by atoms with Gasteiger partial charge in [0.15, 0.2) is 0 Å². The summed E-state index contributed by atoms with van der Waals surface area (Å²) in [5.74, 6) is 2.04. The smallest absolute Gasteiger partial charge is 0.233 e. The number of amides is 1. The molecule has 2 aromatic rings. The zero-order chi connectivity index (χ0) is 16.7. The van der Waals surface area contributed by atoms with Gasteiger partial charge < -0.3 is 10.2 Å². The van der Waals surface area contributed by atoms with Crippen LogP contribution in [0.25, 0.3) is 10.2 Å². The number of hydrogen-bond acceptors (Lipinski definition) is 6. The minimum atomic E-state index is 0.0828. The Bertz CT molecular complexity index is 779. The first-order valence-corrected chi connectivity index (χ1v) is 9.44. The Morgan fingerprint density at radius 1 is 1.21 bits per heavy atom. The summed E-state index contributed by atoms with van der Waals surface area (Å²) in [6.07, 6.45) is 3.60. The number of carbonyl (C=O) groups excluding carboxylic acids is 1. The van der Waals surface area contributed by atoms with Gasteiger partial charge in [0.25, 0.3) is 0 Å². The minimum Gasteiger partial charge on any atom is -0.358 e. The Labute approximate surface area is 145 Å².